The number of rotatable bonds is 39. The minimum atomic E-state index is -0.660. The van der Waals surface area contributed by atoms with Gasteiger partial charge >= 0.3 is 11.9 Å². The molecule has 1 N–H and O–H groups in total. The van der Waals surface area contributed by atoms with Crippen molar-refractivity contribution in [1.29, 1.82) is 0 Å². The Hall–Kier alpha value is -1.62. The molecule has 51 heavy (non-hydrogen) atoms. The topological polar surface area (TPSA) is 66.8 Å². The molecule has 0 radical (unpaired) electrons. The molecule has 0 spiro atoms. The second kappa shape index (κ2) is 38.1. The molecule has 0 aromatic heterocycles. The van der Waals surface area contributed by atoms with Crippen LogP contribution in [0.3, 0.4) is 0 Å². The van der Waals surface area contributed by atoms with Gasteiger partial charge in [0.15, 0.2) is 0 Å². The van der Waals surface area contributed by atoms with Crippen LogP contribution in [-0.2, 0) is 14.3 Å². The number of allylic oxidation sites excluding steroid dienone is 4. The van der Waals surface area contributed by atoms with E-state index in [0.29, 0.717) is 12.3 Å². The van der Waals surface area contributed by atoms with Crippen molar-refractivity contribution in [2.45, 2.75) is 226 Å². The molecule has 0 aliphatic rings. The number of ether oxygens (including phenoxy) is 1. The molecule has 5 nitrogen and oxygen atoms in total. The predicted molar refractivity (Wildman–Crippen MR) is 221 cm³/mol. The van der Waals surface area contributed by atoms with Crippen LogP contribution in [0.25, 0.3) is 0 Å². The van der Waals surface area contributed by atoms with E-state index < -0.39 is 5.97 Å². The van der Waals surface area contributed by atoms with E-state index >= 15 is 0 Å². The van der Waals surface area contributed by atoms with E-state index in [2.05, 4.69) is 50.0 Å². The van der Waals surface area contributed by atoms with Gasteiger partial charge in [-0.15, -0.1) is 0 Å². The minimum absolute atomic E-state index is 0.0511. The average molecular weight is 718 g/mol. The van der Waals surface area contributed by atoms with Crippen molar-refractivity contribution in [1.82, 2.24) is 4.90 Å². The third-order valence-electron chi connectivity index (χ3n) is 10.6. The third kappa shape index (κ3) is 35.2. The number of unbranched alkanes of at least 4 members (excludes halogenated alkanes) is 18. The van der Waals surface area contributed by atoms with Crippen molar-refractivity contribution in [3.63, 3.8) is 0 Å². The van der Waals surface area contributed by atoms with Crippen LogP contribution in [0.5, 0.6) is 0 Å². The third-order valence-corrected chi connectivity index (χ3v) is 10.6. The van der Waals surface area contributed by atoms with Gasteiger partial charge in [0, 0.05) is 12.8 Å². The van der Waals surface area contributed by atoms with Gasteiger partial charge in [-0.3, -0.25) is 9.59 Å². The Morgan fingerprint density at radius 1 is 0.549 bits per heavy atom. The predicted octanol–water partition coefficient (Wildman–Crippen LogP) is 14.0. The summed E-state index contributed by atoms with van der Waals surface area (Å²) in [7, 11) is 4.09. The van der Waals surface area contributed by atoms with Crippen LogP contribution in [0.2, 0.25) is 0 Å². The Morgan fingerprint density at radius 2 is 1.02 bits per heavy atom. The van der Waals surface area contributed by atoms with Gasteiger partial charge in [-0.05, 0) is 103 Å². The van der Waals surface area contributed by atoms with E-state index in [1.165, 1.54) is 128 Å². The van der Waals surface area contributed by atoms with E-state index in [0.717, 1.165) is 64.3 Å². The lowest BCUT2D eigenvalue weighted by molar-refractivity contribution is -0.150. The standard InChI is InChI=1S/C46H87NO4/c1-6-9-12-15-17-18-19-20-21-22-23-24-25-26-29-32-36-44(51-46(50)37-33-40-47(4)5)39-38-42(34-30-27-14-11-8-3)43(41-45(48)49)35-31-28-16-13-10-7-2/h17-18,20-21,42-44H,6-16,19,22-41H2,1-5H3,(H,48,49)/b18-17-,21-20-. The summed E-state index contributed by atoms with van der Waals surface area (Å²) in [6, 6.07) is 0. The highest BCUT2D eigenvalue weighted by Gasteiger charge is 2.25. The summed E-state index contributed by atoms with van der Waals surface area (Å²) in [6.45, 7) is 7.65. The summed E-state index contributed by atoms with van der Waals surface area (Å²) in [5.74, 6) is -0.110. The number of carboxylic acids is 1. The number of nitrogens with zero attached hydrogens (tertiary/aromatic N) is 1. The molecule has 0 aromatic carbocycles. The van der Waals surface area contributed by atoms with Crippen molar-refractivity contribution in [2.75, 3.05) is 20.6 Å². The Morgan fingerprint density at radius 3 is 1.57 bits per heavy atom. The van der Waals surface area contributed by atoms with Crippen molar-refractivity contribution < 1.29 is 19.4 Å². The van der Waals surface area contributed by atoms with Crippen molar-refractivity contribution in [2.24, 2.45) is 11.8 Å². The van der Waals surface area contributed by atoms with Gasteiger partial charge in [-0.1, -0.05) is 161 Å². The normalized spacial score (nSPS) is 13.8. The zero-order chi connectivity index (χ0) is 37.6. The number of aliphatic carboxylic acids is 1. The summed E-state index contributed by atoms with van der Waals surface area (Å²) in [6.07, 6.45) is 44.1. The first-order valence-corrected chi connectivity index (χ1v) is 22.2. The Balaban J connectivity index is 5.04. The number of carboxylic acid groups (broad SMARTS) is 1. The highest BCUT2D eigenvalue weighted by atomic mass is 16.5. The first-order chi connectivity index (χ1) is 24.8. The van der Waals surface area contributed by atoms with Crippen molar-refractivity contribution >= 4 is 11.9 Å². The molecule has 0 heterocycles. The highest BCUT2D eigenvalue weighted by Crippen LogP contribution is 2.33. The van der Waals surface area contributed by atoms with Gasteiger partial charge in [0.2, 0.25) is 0 Å². The Bertz CT molecular complexity index is 822. The summed E-state index contributed by atoms with van der Waals surface area (Å²) in [4.78, 5) is 27.1. The second-order valence-electron chi connectivity index (χ2n) is 15.8. The summed E-state index contributed by atoms with van der Waals surface area (Å²) >= 11 is 0. The van der Waals surface area contributed by atoms with Crippen LogP contribution in [0.4, 0.5) is 0 Å². The smallest absolute Gasteiger partial charge is 0.306 e. The van der Waals surface area contributed by atoms with Gasteiger partial charge in [-0.2, -0.15) is 0 Å². The molecular weight excluding hydrogens is 631 g/mol. The zero-order valence-electron chi connectivity index (χ0n) is 34.8. The molecule has 0 aliphatic carbocycles. The molecule has 0 rings (SSSR count). The van der Waals surface area contributed by atoms with Crippen molar-refractivity contribution in [3.8, 4) is 0 Å². The number of hydrogen-bond donors (Lipinski definition) is 1. The monoisotopic (exact) mass is 718 g/mol. The van der Waals surface area contributed by atoms with Gasteiger partial charge in [0.1, 0.15) is 6.10 Å². The molecule has 0 saturated heterocycles. The second-order valence-corrected chi connectivity index (χ2v) is 15.8. The lowest BCUT2D eigenvalue weighted by Gasteiger charge is -2.28. The fraction of sp³-hybridized carbons (Fsp3) is 0.870. The van der Waals surface area contributed by atoms with Crippen LogP contribution >= 0.6 is 0 Å². The van der Waals surface area contributed by atoms with E-state index in [1.807, 2.05) is 14.1 Å². The molecule has 0 fully saturated rings. The van der Waals surface area contributed by atoms with Crippen LogP contribution in [0, 0.1) is 11.8 Å². The van der Waals surface area contributed by atoms with Crippen molar-refractivity contribution in [3.05, 3.63) is 24.3 Å². The molecule has 0 bridgehead atoms. The number of hydrogen-bond acceptors (Lipinski definition) is 4. The molecule has 0 amide bonds. The quantitative estimate of drug-likeness (QED) is 0.0389. The first-order valence-electron chi connectivity index (χ1n) is 22.2. The molecular formula is C46H87NO4. The largest absolute Gasteiger partial charge is 0.481 e. The van der Waals surface area contributed by atoms with Crippen LogP contribution in [0.15, 0.2) is 24.3 Å². The molecule has 0 saturated carbocycles. The highest BCUT2D eigenvalue weighted by molar-refractivity contribution is 5.69. The van der Waals surface area contributed by atoms with Gasteiger partial charge < -0.3 is 14.7 Å². The number of esters is 1. The summed E-state index contributed by atoms with van der Waals surface area (Å²) in [5.41, 5.74) is 0. The lowest BCUT2D eigenvalue weighted by Crippen LogP contribution is -2.24. The fourth-order valence-corrected chi connectivity index (χ4v) is 7.35. The SMILES string of the molecule is CCCCC/C=C\C/C=C\CCCCCCCCC(CCC(CCCCCCC)C(CCCCCCCC)CC(=O)O)OC(=O)CCCN(C)C. The van der Waals surface area contributed by atoms with Gasteiger partial charge in [0.25, 0.3) is 0 Å². The molecule has 3 atom stereocenters. The van der Waals surface area contributed by atoms with E-state index in [9.17, 15) is 14.7 Å². The summed E-state index contributed by atoms with van der Waals surface area (Å²) < 4.78 is 6.18. The molecule has 0 aliphatic heterocycles. The van der Waals surface area contributed by atoms with E-state index in [4.69, 9.17) is 4.74 Å². The average Bonchev–Trinajstić information content (AvgIpc) is 3.09. The van der Waals surface area contributed by atoms with E-state index in [1.54, 1.807) is 0 Å². The van der Waals surface area contributed by atoms with Gasteiger partial charge in [-0.25, -0.2) is 0 Å². The van der Waals surface area contributed by atoms with Crippen LogP contribution in [-0.4, -0.2) is 48.7 Å². The lowest BCUT2D eigenvalue weighted by atomic mass is 9.78. The number of carbonyl (C=O) groups excluding carboxylic acids is 1. The van der Waals surface area contributed by atoms with Crippen LogP contribution < -0.4 is 0 Å². The molecule has 300 valence electrons. The first kappa shape index (κ1) is 49.4. The van der Waals surface area contributed by atoms with Crippen LogP contribution in [0.1, 0.15) is 220 Å². The molecule has 5 heteroatoms. The maximum atomic E-state index is 12.9. The Kier molecular flexibility index (Phi) is 36.9. The maximum absolute atomic E-state index is 12.9. The minimum Gasteiger partial charge on any atom is -0.481 e. The Labute approximate surface area is 318 Å². The molecule has 3 unspecified atom stereocenters. The zero-order valence-corrected chi connectivity index (χ0v) is 34.8. The maximum Gasteiger partial charge on any atom is 0.306 e. The number of carbonyl (C=O) groups is 2. The van der Waals surface area contributed by atoms with Gasteiger partial charge in [0.05, 0.1) is 0 Å². The fourth-order valence-electron chi connectivity index (χ4n) is 7.35. The molecule has 0 aromatic rings. The summed E-state index contributed by atoms with van der Waals surface area (Å²) in [5, 5.41) is 9.90. The van der Waals surface area contributed by atoms with E-state index in [-0.39, 0.29) is 24.4 Å².